The fraction of sp³-hybridized carbons (Fsp3) is 1.00. The van der Waals surface area contributed by atoms with Gasteiger partial charge in [-0.05, 0) is 0 Å². The lowest BCUT2D eigenvalue weighted by atomic mass is 10.3. The van der Waals surface area contributed by atoms with Crippen LogP contribution < -0.4 is 0 Å². The molecule has 1 heterocycles. The highest BCUT2D eigenvalue weighted by molar-refractivity contribution is 7.89. The first-order valence-corrected chi connectivity index (χ1v) is 3.95. The van der Waals surface area contributed by atoms with E-state index in [1.165, 1.54) is 0 Å². The lowest BCUT2D eigenvalue weighted by Gasteiger charge is -2.40. The van der Waals surface area contributed by atoms with E-state index in [0.717, 1.165) is 0 Å². The molecule has 1 fully saturated rings. The Kier molecular flexibility index (Phi) is 1.71. The maximum Gasteiger partial charge on any atom is 0.449 e. The second kappa shape index (κ2) is 2.11. The molecular formula is C3F6O3S. The van der Waals surface area contributed by atoms with Crippen LogP contribution in [-0.2, 0) is 14.3 Å². The molecule has 0 unspecified atom stereocenters. The van der Waals surface area contributed by atoms with Gasteiger partial charge < -0.3 is 0 Å². The highest BCUT2D eigenvalue weighted by atomic mass is 32.2. The summed E-state index contributed by atoms with van der Waals surface area (Å²) >= 11 is 0. The summed E-state index contributed by atoms with van der Waals surface area (Å²) < 4.78 is 93.3. The molecule has 1 atom stereocenters. The summed E-state index contributed by atoms with van der Waals surface area (Å²) in [5.41, 5.74) is 0. The summed E-state index contributed by atoms with van der Waals surface area (Å²) in [6.07, 6.45) is -11.6. The zero-order valence-corrected chi connectivity index (χ0v) is 6.22. The molecule has 0 radical (unpaired) electrons. The Bertz CT molecular complexity index is 317. The van der Waals surface area contributed by atoms with Gasteiger partial charge in [0.2, 0.25) is 0 Å². The molecule has 0 bridgehead atoms. The van der Waals surface area contributed by atoms with E-state index in [9.17, 15) is 34.8 Å². The molecule has 0 amide bonds. The van der Waals surface area contributed by atoms with Crippen LogP contribution >= 0.6 is 0 Å². The minimum atomic E-state index is -6.23. The Morgan fingerprint density at radius 2 is 1.46 bits per heavy atom. The van der Waals surface area contributed by atoms with Crippen LogP contribution in [0.2, 0.25) is 0 Å². The summed E-state index contributed by atoms with van der Waals surface area (Å²) in [4.78, 5) is 0. The Hall–Kier alpha value is -0.510. The van der Waals surface area contributed by atoms with Gasteiger partial charge in [-0.2, -0.15) is 34.6 Å². The summed E-state index contributed by atoms with van der Waals surface area (Å²) in [6, 6.07) is 0. The average molecular weight is 230 g/mol. The highest BCUT2D eigenvalue weighted by Gasteiger charge is 2.90. The van der Waals surface area contributed by atoms with Crippen molar-refractivity contribution >= 4 is 10.1 Å². The van der Waals surface area contributed by atoms with Crippen LogP contribution in [-0.4, -0.2) is 25.7 Å². The number of hydrogen-bond donors (Lipinski definition) is 0. The molecule has 0 aromatic heterocycles. The quantitative estimate of drug-likeness (QED) is 0.463. The van der Waals surface area contributed by atoms with Gasteiger partial charge in [0, 0.05) is 0 Å². The van der Waals surface area contributed by atoms with Gasteiger partial charge in [0.25, 0.3) is 0 Å². The number of hydrogen-bond acceptors (Lipinski definition) is 3. The first-order valence-electron chi connectivity index (χ1n) is 2.54. The SMILES string of the molecule is O=S1(=O)OC(F)(F)[C@@]1(F)C(F)(F)F. The van der Waals surface area contributed by atoms with Gasteiger partial charge in [0.1, 0.15) is 0 Å². The van der Waals surface area contributed by atoms with E-state index >= 15 is 0 Å². The van der Waals surface area contributed by atoms with Crippen LogP contribution in [0.4, 0.5) is 26.3 Å². The summed E-state index contributed by atoms with van der Waals surface area (Å²) in [6.45, 7) is 0. The number of alkyl halides is 6. The third-order valence-corrected chi connectivity index (χ3v) is 2.88. The molecule has 0 aliphatic carbocycles. The van der Waals surface area contributed by atoms with Gasteiger partial charge in [0.15, 0.2) is 0 Å². The predicted octanol–water partition coefficient (Wildman–Crippen LogP) is 1.17. The molecule has 1 aliphatic heterocycles. The monoisotopic (exact) mass is 230 g/mol. The molecular weight excluding hydrogens is 230 g/mol. The molecule has 0 aromatic carbocycles. The third-order valence-electron chi connectivity index (χ3n) is 1.30. The Morgan fingerprint density at radius 3 is 1.54 bits per heavy atom. The van der Waals surface area contributed by atoms with Crippen molar-refractivity contribution in [3.8, 4) is 0 Å². The Labute approximate surface area is 67.4 Å². The van der Waals surface area contributed by atoms with E-state index < -0.39 is 27.4 Å². The topological polar surface area (TPSA) is 43.4 Å². The van der Waals surface area contributed by atoms with Crippen molar-refractivity contribution in [2.45, 2.75) is 17.3 Å². The summed E-state index contributed by atoms with van der Waals surface area (Å²) in [7, 11) is -5.93. The zero-order chi connectivity index (χ0) is 10.7. The smallest absolute Gasteiger partial charge is 0.203 e. The molecule has 78 valence electrons. The van der Waals surface area contributed by atoms with Gasteiger partial charge in [-0.1, -0.05) is 0 Å². The third kappa shape index (κ3) is 0.980. The predicted molar refractivity (Wildman–Crippen MR) is 24.8 cm³/mol. The molecule has 10 heteroatoms. The number of rotatable bonds is 0. The second-order valence-electron chi connectivity index (χ2n) is 2.15. The minimum absolute atomic E-state index is 2.50. The average Bonchev–Trinajstić information content (AvgIpc) is 1.80. The van der Waals surface area contributed by atoms with Gasteiger partial charge in [-0.15, -0.1) is 0 Å². The number of halogens is 6. The van der Waals surface area contributed by atoms with Gasteiger partial charge in [-0.25, -0.2) is 4.39 Å². The fourth-order valence-electron chi connectivity index (χ4n) is 0.667. The van der Waals surface area contributed by atoms with Crippen molar-refractivity contribution in [1.29, 1.82) is 0 Å². The molecule has 0 N–H and O–H groups in total. The standard InChI is InChI=1S/C3F6O3S/c4-1(2(5,6)7)3(8,9)12-13(1,10)11/t1-/m1/s1. The normalized spacial score (nSPS) is 36.8. The first kappa shape index (κ1) is 10.6. The fourth-order valence-corrected chi connectivity index (χ4v) is 1.67. The maximum atomic E-state index is 12.4. The van der Waals surface area contributed by atoms with Crippen LogP contribution in [0.15, 0.2) is 0 Å². The van der Waals surface area contributed by atoms with E-state index in [1.807, 2.05) is 0 Å². The van der Waals surface area contributed by atoms with Gasteiger partial charge in [-0.3, -0.25) is 0 Å². The Morgan fingerprint density at radius 1 is 1.08 bits per heavy atom. The van der Waals surface area contributed by atoms with E-state index in [1.54, 1.807) is 0 Å². The molecule has 13 heavy (non-hydrogen) atoms. The van der Waals surface area contributed by atoms with Crippen molar-refractivity contribution in [1.82, 2.24) is 0 Å². The molecule has 1 aliphatic rings. The van der Waals surface area contributed by atoms with Crippen LogP contribution in [0.1, 0.15) is 0 Å². The van der Waals surface area contributed by atoms with Crippen molar-refractivity contribution in [3.63, 3.8) is 0 Å². The van der Waals surface area contributed by atoms with Crippen molar-refractivity contribution < 1.29 is 38.9 Å². The molecule has 0 spiro atoms. The van der Waals surface area contributed by atoms with Gasteiger partial charge >= 0.3 is 27.4 Å². The van der Waals surface area contributed by atoms with E-state index in [4.69, 9.17) is 0 Å². The summed E-state index contributed by atoms with van der Waals surface area (Å²) in [5.74, 6) is 0. The molecule has 1 rings (SSSR count). The van der Waals surface area contributed by atoms with Crippen molar-refractivity contribution in [2.75, 3.05) is 0 Å². The van der Waals surface area contributed by atoms with Gasteiger partial charge in [0.05, 0.1) is 0 Å². The lowest BCUT2D eigenvalue weighted by molar-refractivity contribution is -0.357. The van der Waals surface area contributed by atoms with Crippen molar-refractivity contribution in [3.05, 3.63) is 0 Å². The van der Waals surface area contributed by atoms with E-state index in [-0.39, 0.29) is 0 Å². The van der Waals surface area contributed by atoms with Crippen LogP contribution in [0, 0.1) is 0 Å². The lowest BCUT2D eigenvalue weighted by Crippen LogP contribution is -2.71. The maximum absolute atomic E-state index is 12.4. The Balaban J connectivity index is 3.29. The van der Waals surface area contributed by atoms with Crippen LogP contribution in [0.5, 0.6) is 0 Å². The van der Waals surface area contributed by atoms with Crippen LogP contribution in [0.3, 0.4) is 0 Å². The molecule has 0 aromatic rings. The first-order chi connectivity index (χ1) is 5.46. The molecule has 1 saturated heterocycles. The van der Waals surface area contributed by atoms with Crippen molar-refractivity contribution in [2.24, 2.45) is 0 Å². The minimum Gasteiger partial charge on any atom is -0.203 e. The second-order valence-corrected chi connectivity index (χ2v) is 3.78. The molecule has 0 saturated carbocycles. The van der Waals surface area contributed by atoms with Crippen LogP contribution in [0.25, 0.3) is 0 Å². The largest absolute Gasteiger partial charge is 0.449 e. The summed E-state index contributed by atoms with van der Waals surface area (Å²) in [5, 5.41) is -5.63. The molecule has 3 nitrogen and oxygen atoms in total. The van der Waals surface area contributed by atoms with E-state index in [0.29, 0.717) is 0 Å². The zero-order valence-electron chi connectivity index (χ0n) is 5.40. The van der Waals surface area contributed by atoms with E-state index in [2.05, 4.69) is 4.18 Å². The highest BCUT2D eigenvalue weighted by Crippen LogP contribution is 2.58.